The second-order valence-electron chi connectivity index (χ2n) is 7.30. The van der Waals surface area contributed by atoms with Gasteiger partial charge in [-0.15, -0.1) is 0 Å². The molecular formula is C20H30N4O6S. The number of hydrogen-bond acceptors (Lipinski definition) is 7. The lowest BCUT2D eigenvalue weighted by Gasteiger charge is -2.31. The van der Waals surface area contributed by atoms with Crippen LogP contribution in [0.5, 0.6) is 11.5 Å². The molecule has 2 heterocycles. The van der Waals surface area contributed by atoms with E-state index in [1.54, 1.807) is 23.8 Å². The van der Waals surface area contributed by atoms with Crippen LogP contribution in [0.2, 0.25) is 0 Å². The van der Waals surface area contributed by atoms with Gasteiger partial charge in [0.2, 0.25) is 10.0 Å². The van der Waals surface area contributed by atoms with E-state index in [1.165, 1.54) is 29.3 Å². The van der Waals surface area contributed by atoms with Crippen LogP contribution in [0.15, 0.2) is 27.9 Å². The lowest BCUT2D eigenvalue weighted by atomic mass is 9.97. The van der Waals surface area contributed by atoms with Crippen molar-refractivity contribution >= 4 is 10.0 Å². The second-order valence-corrected chi connectivity index (χ2v) is 9.20. The summed E-state index contributed by atoms with van der Waals surface area (Å²) >= 11 is 0. The molecule has 1 aliphatic heterocycles. The molecule has 0 aliphatic carbocycles. The highest BCUT2D eigenvalue weighted by Gasteiger charge is 2.34. The number of sulfonamides is 1. The Hall–Kier alpha value is -2.37. The third kappa shape index (κ3) is 4.63. The summed E-state index contributed by atoms with van der Waals surface area (Å²) in [6, 6.07) is 4.73. The summed E-state index contributed by atoms with van der Waals surface area (Å²) < 4.78 is 46.6. The van der Waals surface area contributed by atoms with Crippen LogP contribution >= 0.6 is 0 Å². The van der Waals surface area contributed by atoms with Crippen molar-refractivity contribution in [2.45, 2.75) is 43.7 Å². The van der Waals surface area contributed by atoms with Crippen molar-refractivity contribution in [3.63, 3.8) is 0 Å². The van der Waals surface area contributed by atoms with Crippen molar-refractivity contribution in [2.24, 2.45) is 0 Å². The lowest BCUT2D eigenvalue weighted by Crippen LogP contribution is -2.38. The molecule has 1 fully saturated rings. The molecule has 10 nitrogen and oxygen atoms in total. The molecule has 1 saturated heterocycles. The Balaban J connectivity index is 1.80. The van der Waals surface area contributed by atoms with Gasteiger partial charge in [-0.3, -0.25) is 4.57 Å². The van der Waals surface area contributed by atoms with Crippen LogP contribution in [0.3, 0.4) is 0 Å². The molecule has 0 amide bonds. The maximum atomic E-state index is 13.3. The van der Waals surface area contributed by atoms with Crippen molar-refractivity contribution in [1.29, 1.82) is 0 Å². The number of benzene rings is 1. The number of piperidine rings is 1. The van der Waals surface area contributed by atoms with E-state index >= 15 is 0 Å². The van der Waals surface area contributed by atoms with E-state index in [9.17, 15) is 13.2 Å². The van der Waals surface area contributed by atoms with E-state index in [4.69, 9.17) is 14.2 Å². The molecule has 1 aliphatic rings. The SMILES string of the molecule is CCn1c(C2CCN(S(=O)(=O)c3cc(OC)ccc3OC)CC2)nn(CCOC)c1=O. The number of rotatable bonds is 9. The topological polar surface area (TPSA) is 105 Å². The van der Waals surface area contributed by atoms with Crippen molar-refractivity contribution in [1.82, 2.24) is 18.7 Å². The van der Waals surface area contributed by atoms with Crippen LogP contribution in [0.1, 0.15) is 31.5 Å². The van der Waals surface area contributed by atoms with E-state index in [2.05, 4.69) is 5.10 Å². The third-order valence-corrected chi connectivity index (χ3v) is 7.50. The largest absolute Gasteiger partial charge is 0.497 e. The maximum Gasteiger partial charge on any atom is 0.345 e. The zero-order valence-corrected chi connectivity index (χ0v) is 19.2. The average molecular weight is 455 g/mol. The molecule has 1 aromatic carbocycles. The summed E-state index contributed by atoms with van der Waals surface area (Å²) in [5.41, 5.74) is -0.161. The highest BCUT2D eigenvalue weighted by molar-refractivity contribution is 7.89. The summed E-state index contributed by atoms with van der Waals surface area (Å²) in [5.74, 6) is 1.44. The van der Waals surface area contributed by atoms with Gasteiger partial charge in [-0.1, -0.05) is 0 Å². The molecule has 0 spiro atoms. The Kier molecular flexibility index (Phi) is 7.39. The summed E-state index contributed by atoms with van der Waals surface area (Å²) in [4.78, 5) is 12.7. The van der Waals surface area contributed by atoms with E-state index in [0.717, 1.165) is 0 Å². The summed E-state index contributed by atoms with van der Waals surface area (Å²) in [6.45, 7) is 3.87. The van der Waals surface area contributed by atoms with Gasteiger partial charge >= 0.3 is 5.69 Å². The predicted molar refractivity (Wildman–Crippen MR) is 114 cm³/mol. The quantitative estimate of drug-likeness (QED) is 0.562. The Bertz CT molecular complexity index is 1050. The number of methoxy groups -OCH3 is 3. The molecule has 0 bridgehead atoms. The molecular weight excluding hydrogens is 424 g/mol. The Morgan fingerprint density at radius 1 is 1.13 bits per heavy atom. The standard InChI is InChI=1S/C20H30N4O6S/c1-5-23-19(21-24(20(23)25)12-13-28-2)15-8-10-22(11-9-15)31(26,27)18-14-16(29-3)6-7-17(18)30-4/h6-7,14-15H,5,8-13H2,1-4H3. The molecule has 11 heteroatoms. The zero-order chi connectivity index (χ0) is 22.6. The van der Waals surface area contributed by atoms with Crippen LogP contribution in [-0.4, -0.2) is 68.1 Å². The fourth-order valence-electron chi connectivity index (χ4n) is 3.86. The van der Waals surface area contributed by atoms with Crippen molar-refractivity contribution in [3.05, 3.63) is 34.5 Å². The molecule has 3 rings (SSSR count). The maximum absolute atomic E-state index is 13.3. The number of nitrogens with zero attached hydrogens (tertiary/aromatic N) is 4. The van der Waals surface area contributed by atoms with Gasteiger partial charge in [0.15, 0.2) is 0 Å². The van der Waals surface area contributed by atoms with Crippen LogP contribution in [0, 0.1) is 0 Å². The average Bonchev–Trinajstić information content (AvgIpc) is 3.12. The van der Waals surface area contributed by atoms with Gasteiger partial charge in [0.1, 0.15) is 22.2 Å². The van der Waals surface area contributed by atoms with E-state index in [-0.39, 0.29) is 22.3 Å². The van der Waals surface area contributed by atoms with E-state index in [1.807, 2.05) is 6.92 Å². The van der Waals surface area contributed by atoms with Crippen LogP contribution < -0.4 is 15.2 Å². The zero-order valence-electron chi connectivity index (χ0n) is 18.4. The van der Waals surface area contributed by atoms with Gasteiger partial charge in [-0.2, -0.15) is 9.40 Å². The molecule has 1 aromatic heterocycles. The summed E-state index contributed by atoms with van der Waals surface area (Å²) in [6.07, 6.45) is 1.15. The molecule has 31 heavy (non-hydrogen) atoms. The Labute approximate surface area is 182 Å². The first-order valence-corrected chi connectivity index (χ1v) is 11.7. The monoisotopic (exact) mass is 454 g/mol. The predicted octanol–water partition coefficient (Wildman–Crippen LogP) is 1.30. The first-order chi connectivity index (χ1) is 14.9. The minimum Gasteiger partial charge on any atom is -0.497 e. The number of aromatic nitrogens is 3. The Morgan fingerprint density at radius 2 is 1.84 bits per heavy atom. The van der Waals surface area contributed by atoms with Crippen molar-refractivity contribution in [2.75, 3.05) is 41.0 Å². The normalized spacial score (nSPS) is 15.9. The van der Waals surface area contributed by atoms with Crippen molar-refractivity contribution < 1.29 is 22.6 Å². The van der Waals surface area contributed by atoms with Gasteiger partial charge in [-0.05, 0) is 31.9 Å². The fourth-order valence-corrected chi connectivity index (χ4v) is 5.50. The minimum atomic E-state index is -3.76. The Morgan fingerprint density at radius 3 is 2.42 bits per heavy atom. The van der Waals surface area contributed by atoms with Crippen LogP contribution in [0.25, 0.3) is 0 Å². The van der Waals surface area contributed by atoms with Gasteiger partial charge in [-0.25, -0.2) is 17.9 Å². The fraction of sp³-hybridized carbons (Fsp3) is 0.600. The first-order valence-electron chi connectivity index (χ1n) is 10.3. The highest BCUT2D eigenvalue weighted by atomic mass is 32.2. The van der Waals surface area contributed by atoms with E-state index in [0.29, 0.717) is 57.2 Å². The van der Waals surface area contributed by atoms with E-state index < -0.39 is 10.0 Å². The number of ether oxygens (including phenoxy) is 3. The highest BCUT2D eigenvalue weighted by Crippen LogP contribution is 2.34. The van der Waals surface area contributed by atoms with Crippen LogP contribution in [0.4, 0.5) is 0 Å². The third-order valence-electron chi connectivity index (χ3n) is 5.58. The summed E-state index contributed by atoms with van der Waals surface area (Å²) in [7, 11) is 0.754. The molecule has 0 radical (unpaired) electrons. The van der Waals surface area contributed by atoms with Crippen molar-refractivity contribution in [3.8, 4) is 11.5 Å². The first kappa shape index (κ1) is 23.3. The van der Waals surface area contributed by atoms with Gasteiger partial charge in [0.25, 0.3) is 0 Å². The van der Waals surface area contributed by atoms with Gasteiger partial charge < -0.3 is 14.2 Å². The molecule has 172 valence electrons. The van der Waals surface area contributed by atoms with Crippen LogP contribution in [-0.2, 0) is 27.8 Å². The molecule has 2 aromatic rings. The lowest BCUT2D eigenvalue weighted by molar-refractivity contribution is 0.182. The molecule has 0 atom stereocenters. The molecule has 0 unspecified atom stereocenters. The van der Waals surface area contributed by atoms with Gasteiger partial charge in [0, 0.05) is 38.7 Å². The second kappa shape index (κ2) is 9.84. The smallest absolute Gasteiger partial charge is 0.345 e. The van der Waals surface area contributed by atoms with Gasteiger partial charge in [0.05, 0.1) is 27.4 Å². The molecule has 0 saturated carbocycles. The minimum absolute atomic E-state index is 0.00935. The summed E-state index contributed by atoms with van der Waals surface area (Å²) in [5, 5.41) is 4.52. The number of hydrogen-bond donors (Lipinski definition) is 0. The molecule has 0 N–H and O–H groups in total.